The Bertz CT molecular complexity index is 583. The third-order valence-electron chi connectivity index (χ3n) is 3.26. The smallest absolute Gasteiger partial charge is 0.172 e. The summed E-state index contributed by atoms with van der Waals surface area (Å²) >= 11 is 0. The first kappa shape index (κ1) is 14.4. The molecule has 20 heavy (non-hydrogen) atoms. The van der Waals surface area contributed by atoms with Crippen LogP contribution in [-0.2, 0) is 0 Å². The van der Waals surface area contributed by atoms with Crippen molar-refractivity contribution in [2.75, 3.05) is 7.11 Å². The van der Waals surface area contributed by atoms with Crippen LogP contribution in [0.5, 0.6) is 17.2 Å². The Balaban J connectivity index is 2.66. The minimum absolute atomic E-state index is 0.106. The molecule has 4 heteroatoms. The van der Waals surface area contributed by atoms with Gasteiger partial charge in [-0.2, -0.15) is 0 Å². The summed E-state index contributed by atoms with van der Waals surface area (Å²) < 4.78 is 11.2. The van der Waals surface area contributed by atoms with Gasteiger partial charge in [-0.05, 0) is 26.0 Å². The van der Waals surface area contributed by atoms with Crippen molar-refractivity contribution in [3.63, 3.8) is 0 Å². The van der Waals surface area contributed by atoms with E-state index in [1.54, 1.807) is 13.8 Å². The average Bonchev–Trinajstić information content (AvgIpc) is 2.34. The third kappa shape index (κ3) is 2.38. The minimum atomic E-state index is -0.450. The lowest BCUT2D eigenvalue weighted by Crippen LogP contribution is -2.27. The molecule has 1 N–H and O–H groups in total. The predicted octanol–water partition coefficient (Wildman–Crippen LogP) is 3.42. The zero-order valence-corrected chi connectivity index (χ0v) is 12.5. The van der Waals surface area contributed by atoms with Crippen LogP contribution in [0.3, 0.4) is 0 Å². The molecule has 1 heterocycles. The van der Waals surface area contributed by atoms with Crippen LogP contribution in [0.4, 0.5) is 0 Å². The number of benzene rings is 1. The number of methoxy groups -OCH3 is 1. The molecule has 0 spiro atoms. The summed E-state index contributed by atoms with van der Waals surface area (Å²) in [5.41, 5.74) is 0.455. The van der Waals surface area contributed by atoms with E-state index in [1.807, 2.05) is 26.0 Å². The fraction of sp³-hybridized carbons (Fsp3) is 0.438. The van der Waals surface area contributed by atoms with Crippen molar-refractivity contribution in [2.24, 2.45) is 5.92 Å². The van der Waals surface area contributed by atoms with E-state index in [0.29, 0.717) is 17.1 Å². The second-order valence-electron chi connectivity index (χ2n) is 5.77. The quantitative estimate of drug-likeness (QED) is 0.859. The van der Waals surface area contributed by atoms with Crippen molar-refractivity contribution < 1.29 is 19.4 Å². The molecule has 4 nitrogen and oxygen atoms in total. The van der Waals surface area contributed by atoms with Crippen molar-refractivity contribution in [3.8, 4) is 17.2 Å². The van der Waals surface area contributed by atoms with E-state index in [-0.39, 0.29) is 23.0 Å². The molecule has 0 aromatic heterocycles. The number of fused-ring (bicyclic) bond motifs is 1. The van der Waals surface area contributed by atoms with Gasteiger partial charge in [0.25, 0.3) is 0 Å². The maximum Gasteiger partial charge on any atom is 0.172 e. The second-order valence-corrected chi connectivity index (χ2v) is 5.77. The first-order valence-corrected chi connectivity index (χ1v) is 6.63. The van der Waals surface area contributed by atoms with Crippen LogP contribution >= 0.6 is 0 Å². The summed E-state index contributed by atoms with van der Waals surface area (Å²) in [6.45, 7) is 7.42. The number of hydrogen-bond acceptors (Lipinski definition) is 4. The Morgan fingerprint density at radius 1 is 1.40 bits per heavy atom. The number of hydrogen-bond donors (Lipinski definition) is 1. The van der Waals surface area contributed by atoms with Gasteiger partial charge in [0.15, 0.2) is 5.78 Å². The van der Waals surface area contributed by atoms with Gasteiger partial charge < -0.3 is 14.6 Å². The Morgan fingerprint density at radius 3 is 2.60 bits per heavy atom. The van der Waals surface area contributed by atoms with E-state index >= 15 is 0 Å². The van der Waals surface area contributed by atoms with Crippen LogP contribution in [0.1, 0.15) is 43.6 Å². The topological polar surface area (TPSA) is 55.8 Å². The highest BCUT2D eigenvalue weighted by atomic mass is 16.5. The second kappa shape index (κ2) is 4.85. The Kier molecular flexibility index (Phi) is 3.50. The molecule has 0 saturated heterocycles. The van der Waals surface area contributed by atoms with Gasteiger partial charge in [0.1, 0.15) is 28.4 Å². The highest BCUT2D eigenvalue weighted by Gasteiger charge is 2.29. The summed E-state index contributed by atoms with van der Waals surface area (Å²) in [6.07, 6.45) is 3.77. The van der Waals surface area contributed by atoms with Gasteiger partial charge in [0.2, 0.25) is 0 Å². The summed E-state index contributed by atoms with van der Waals surface area (Å²) in [4.78, 5) is 12.3. The van der Waals surface area contributed by atoms with E-state index in [4.69, 9.17) is 9.47 Å². The molecule has 0 aliphatic carbocycles. The maximum atomic E-state index is 12.3. The number of phenolic OH excluding ortho intramolecular Hbond substituents is 1. The van der Waals surface area contributed by atoms with Crippen LogP contribution in [0.2, 0.25) is 0 Å². The Hall–Kier alpha value is -1.97. The molecule has 1 aliphatic rings. The number of carbonyl (C=O) groups excluding carboxylic acids is 1. The van der Waals surface area contributed by atoms with Gasteiger partial charge in [0.05, 0.1) is 12.7 Å². The number of ether oxygens (including phenoxy) is 2. The molecule has 0 bridgehead atoms. The summed E-state index contributed by atoms with van der Waals surface area (Å²) in [6, 6.07) is 1.48. The van der Waals surface area contributed by atoms with Crippen molar-refractivity contribution in [1.29, 1.82) is 0 Å². The van der Waals surface area contributed by atoms with Crippen LogP contribution in [0.15, 0.2) is 12.1 Å². The van der Waals surface area contributed by atoms with Crippen LogP contribution < -0.4 is 9.47 Å². The Morgan fingerprint density at radius 2 is 2.05 bits per heavy atom. The highest BCUT2D eigenvalue weighted by Crippen LogP contribution is 2.44. The standard InChI is InChI=1S/C16H20O4/c1-9(2)14(18)13-11(17)8-12-10(15(13)19-5)6-7-16(3,4)20-12/h6-9,17H,1-5H3. The molecule has 0 atom stereocenters. The normalized spacial score (nSPS) is 15.7. The lowest BCUT2D eigenvalue weighted by Gasteiger charge is -2.29. The number of phenols is 1. The summed E-state index contributed by atoms with van der Waals surface area (Å²) in [5, 5.41) is 10.2. The van der Waals surface area contributed by atoms with E-state index in [9.17, 15) is 9.90 Å². The van der Waals surface area contributed by atoms with Crippen molar-refractivity contribution >= 4 is 11.9 Å². The molecule has 0 radical (unpaired) electrons. The third-order valence-corrected chi connectivity index (χ3v) is 3.26. The number of aromatic hydroxyl groups is 1. The molecule has 108 valence electrons. The van der Waals surface area contributed by atoms with Crippen molar-refractivity contribution in [1.82, 2.24) is 0 Å². The fourth-order valence-electron chi connectivity index (χ4n) is 2.22. The molecule has 1 aromatic carbocycles. The minimum Gasteiger partial charge on any atom is -0.507 e. The number of carbonyl (C=O) groups is 1. The van der Waals surface area contributed by atoms with Gasteiger partial charge >= 0.3 is 0 Å². The monoisotopic (exact) mass is 276 g/mol. The predicted molar refractivity (Wildman–Crippen MR) is 77.6 cm³/mol. The molecule has 0 amide bonds. The van der Waals surface area contributed by atoms with Crippen molar-refractivity contribution in [3.05, 3.63) is 23.3 Å². The molecule has 2 rings (SSSR count). The lowest BCUT2D eigenvalue weighted by molar-refractivity contribution is 0.0933. The van der Waals surface area contributed by atoms with Gasteiger partial charge in [-0.3, -0.25) is 4.79 Å². The first-order chi connectivity index (χ1) is 9.26. The van der Waals surface area contributed by atoms with Crippen molar-refractivity contribution in [2.45, 2.75) is 33.3 Å². The van der Waals surface area contributed by atoms with Crippen LogP contribution in [-0.4, -0.2) is 23.6 Å². The highest BCUT2D eigenvalue weighted by molar-refractivity contribution is 6.04. The van der Waals surface area contributed by atoms with E-state index < -0.39 is 5.60 Å². The summed E-state index contributed by atoms with van der Waals surface area (Å²) in [7, 11) is 1.49. The van der Waals surface area contributed by atoms with Gasteiger partial charge in [-0.1, -0.05) is 13.8 Å². The molecule has 1 aliphatic heterocycles. The number of rotatable bonds is 3. The molecule has 0 saturated carbocycles. The van der Waals surface area contributed by atoms with Gasteiger partial charge in [-0.25, -0.2) is 0 Å². The van der Waals surface area contributed by atoms with Gasteiger partial charge in [-0.15, -0.1) is 0 Å². The van der Waals surface area contributed by atoms with E-state index in [0.717, 1.165) is 0 Å². The molecule has 1 aromatic rings. The number of Topliss-reactive ketones (excluding diaryl/α,β-unsaturated/α-hetero) is 1. The summed E-state index contributed by atoms with van der Waals surface area (Å²) in [5.74, 6) is 0.404. The van der Waals surface area contributed by atoms with Gasteiger partial charge in [0, 0.05) is 12.0 Å². The Labute approximate surface area is 119 Å². The molecular formula is C16H20O4. The first-order valence-electron chi connectivity index (χ1n) is 6.63. The van der Waals surface area contributed by atoms with E-state index in [2.05, 4.69) is 0 Å². The number of ketones is 1. The molecule has 0 unspecified atom stereocenters. The molecular weight excluding hydrogens is 256 g/mol. The van der Waals surface area contributed by atoms with E-state index in [1.165, 1.54) is 13.2 Å². The average molecular weight is 276 g/mol. The zero-order valence-electron chi connectivity index (χ0n) is 12.5. The fourth-order valence-corrected chi connectivity index (χ4v) is 2.22. The lowest BCUT2D eigenvalue weighted by atomic mass is 9.94. The van der Waals surface area contributed by atoms with Crippen LogP contribution in [0.25, 0.3) is 6.08 Å². The molecule has 0 fully saturated rings. The zero-order chi connectivity index (χ0) is 15.1. The maximum absolute atomic E-state index is 12.3. The largest absolute Gasteiger partial charge is 0.507 e. The SMILES string of the molecule is COc1c2c(cc(O)c1C(=O)C(C)C)OC(C)(C)C=C2. The van der Waals surface area contributed by atoms with Crippen LogP contribution in [0, 0.1) is 5.92 Å².